The number of carbonyl (C=O) groups is 2. The highest BCUT2D eigenvalue weighted by Crippen LogP contribution is 2.53. The molecule has 8 heteroatoms. The molecule has 28 heavy (non-hydrogen) atoms. The Balaban J connectivity index is 1.81. The van der Waals surface area contributed by atoms with Crippen molar-refractivity contribution in [3.63, 3.8) is 0 Å². The maximum absolute atomic E-state index is 13.4. The molecule has 5 rings (SSSR count). The van der Waals surface area contributed by atoms with Crippen LogP contribution in [0, 0.1) is 0 Å². The standard InChI is InChI=1S/C20H14Cl2N4O2/c1-25-17-11(5-4-7-14(17)22)20(19(25)28)9-16(27)24-18-12(20)10-23-26(18)15-8-3-2-6-13(15)21/h2-8,10H,9H2,1H3,(H,24,27)/t20-/m0/s1. The van der Waals surface area contributed by atoms with Crippen LogP contribution in [-0.4, -0.2) is 28.6 Å². The molecule has 0 bridgehead atoms. The van der Waals surface area contributed by atoms with E-state index >= 15 is 0 Å². The number of rotatable bonds is 1. The van der Waals surface area contributed by atoms with Crippen LogP contribution < -0.4 is 10.2 Å². The smallest absolute Gasteiger partial charge is 0.242 e. The summed E-state index contributed by atoms with van der Waals surface area (Å²) < 4.78 is 1.56. The third-order valence-electron chi connectivity index (χ3n) is 5.44. The summed E-state index contributed by atoms with van der Waals surface area (Å²) in [4.78, 5) is 27.7. The molecule has 1 N–H and O–H groups in total. The lowest BCUT2D eigenvalue weighted by molar-refractivity contribution is -0.126. The summed E-state index contributed by atoms with van der Waals surface area (Å²) in [5.41, 5.74) is 1.42. The molecule has 2 amide bonds. The average molecular weight is 413 g/mol. The maximum atomic E-state index is 13.4. The number of nitrogens with zero attached hydrogens (tertiary/aromatic N) is 3. The van der Waals surface area contributed by atoms with Gasteiger partial charge in [0, 0.05) is 19.0 Å². The lowest BCUT2D eigenvalue weighted by atomic mass is 9.72. The van der Waals surface area contributed by atoms with Gasteiger partial charge in [-0.1, -0.05) is 47.5 Å². The second-order valence-electron chi connectivity index (χ2n) is 6.90. The normalized spacial score (nSPS) is 20.3. The van der Waals surface area contributed by atoms with Crippen LogP contribution in [0.4, 0.5) is 11.5 Å². The van der Waals surface area contributed by atoms with Gasteiger partial charge >= 0.3 is 0 Å². The third kappa shape index (κ3) is 2.07. The first-order valence-corrected chi connectivity index (χ1v) is 9.41. The zero-order valence-corrected chi connectivity index (χ0v) is 16.3. The van der Waals surface area contributed by atoms with Gasteiger partial charge in [0.2, 0.25) is 11.8 Å². The first kappa shape index (κ1) is 17.3. The van der Waals surface area contributed by atoms with Gasteiger partial charge in [0.15, 0.2) is 0 Å². The quantitative estimate of drug-likeness (QED) is 0.660. The zero-order valence-electron chi connectivity index (χ0n) is 14.7. The second kappa shape index (κ2) is 5.83. The molecular formula is C20H14Cl2N4O2. The Labute approximate surface area is 170 Å². The predicted octanol–water partition coefficient (Wildman–Crippen LogP) is 3.78. The molecule has 1 spiro atoms. The number of amides is 2. The van der Waals surface area contributed by atoms with Gasteiger partial charge in [-0.05, 0) is 23.8 Å². The number of halogens is 2. The molecule has 3 aromatic rings. The minimum Gasteiger partial charge on any atom is -0.313 e. The Morgan fingerprint density at radius 3 is 2.57 bits per heavy atom. The van der Waals surface area contributed by atoms with Crippen LogP contribution in [0.1, 0.15) is 17.5 Å². The average Bonchev–Trinajstić information content (AvgIpc) is 3.18. The summed E-state index contributed by atoms with van der Waals surface area (Å²) >= 11 is 12.7. The number of hydrogen-bond acceptors (Lipinski definition) is 3. The Hall–Kier alpha value is -2.83. The number of fused-ring (bicyclic) bond motifs is 4. The lowest BCUT2D eigenvalue weighted by Crippen LogP contribution is -2.45. The molecule has 0 unspecified atom stereocenters. The molecule has 0 aliphatic carbocycles. The van der Waals surface area contributed by atoms with Crippen molar-refractivity contribution in [2.24, 2.45) is 0 Å². The van der Waals surface area contributed by atoms with Crippen molar-refractivity contribution < 1.29 is 9.59 Å². The van der Waals surface area contributed by atoms with Crippen molar-refractivity contribution in [2.75, 3.05) is 17.3 Å². The summed E-state index contributed by atoms with van der Waals surface area (Å²) in [6.45, 7) is 0. The topological polar surface area (TPSA) is 67.2 Å². The highest BCUT2D eigenvalue weighted by Gasteiger charge is 2.56. The fraction of sp³-hybridized carbons (Fsp3) is 0.150. The molecule has 6 nitrogen and oxygen atoms in total. The highest BCUT2D eigenvalue weighted by molar-refractivity contribution is 6.35. The van der Waals surface area contributed by atoms with Crippen LogP contribution in [0.2, 0.25) is 10.0 Å². The molecule has 0 saturated carbocycles. The molecule has 0 radical (unpaired) electrons. The van der Waals surface area contributed by atoms with Gasteiger partial charge in [0.1, 0.15) is 11.2 Å². The maximum Gasteiger partial charge on any atom is 0.242 e. The molecule has 140 valence electrons. The molecule has 3 heterocycles. The number of aromatic nitrogens is 2. The molecule has 0 fully saturated rings. The molecular weight excluding hydrogens is 399 g/mol. The van der Waals surface area contributed by atoms with Gasteiger partial charge in [-0.3, -0.25) is 9.59 Å². The SMILES string of the molecule is CN1C(=O)[C@@]2(CC(=O)Nc3c2cnn3-c2ccccc2Cl)c2cccc(Cl)c21. The van der Waals surface area contributed by atoms with Crippen LogP contribution in [0.15, 0.2) is 48.7 Å². The van der Waals surface area contributed by atoms with Crippen molar-refractivity contribution >= 4 is 46.5 Å². The Morgan fingerprint density at radius 2 is 1.79 bits per heavy atom. The van der Waals surface area contributed by atoms with Gasteiger partial charge in [-0.2, -0.15) is 5.10 Å². The summed E-state index contributed by atoms with van der Waals surface area (Å²) in [6.07, 6.45) is 1.62. The summed E-state index contributed by atoms with van der Waals surface area (Å²) in [5.74, 6) is -0.0276. The second-order valence-corrected chi connectivity index (χ2v) is 7.71. The van der Waals surface area contributed by atoms with Crippen molar-refractivity contribution in [1.82, 2.24) is 9.78 Å². The first-order valence-electron chi connectivity index (χ1n) is 8.65. The minimum atomic E-state index is -1.16. The lowest BCUT2D eigenvalue weighted by Gasteiger charge is -2.32. The number of para-hydroxylation sites is 2. The molecule has 2 aliphatic heterocycles. The van der Waals surface area contributed by atoms with E-state index < -0.39 is 5.41 Å². The summed E-state index contributed by atoms with van der Waals surface area (Å²) in [5, 5.41) is 8.27. The Morgan fingerprint density at radius 1 is 1.04 bits per heavy atom. The zero-order chi connectivity index (χ0) is 19.6. The van der Waals surface area contributed by atoms with E-state index in [4.69, 9.17) is 23.2 Å². The van der Waals surface area contributed by atoms with Crippen LogP contribution in [0.25, 0.3) is 5.69 Å². The fourth-order valence-corrected chi connectivity index (χ4v) is 4.75. The first-order chi connectivity index (χ1) is 13.4. The molecule has 0 saturated heterocycles. The Bertz CT molecular complexity index is 1170. The van der Waals surface area contributed by atoms with E-state index in [0.717, 1.165) is 0 Å². The van der Waals surface area contributed by atoms with Gasteiger partial charge in [0.25, 0.3) is 0 Å². The van der Waals surface area contributed by atoms with Crippen molar-refractivity contribution in [2.45, 2.75) is 11.8 Å². The van der Waals surface area contributed by atoms with E-state index in [1.54, 1.807) is 42.2 Å². The van der Waals surface area contributed by atoms with E-state index in [9.17, 15) is 9.59 Å². The third-order valence-corrected chi connectivity index (χ3v) is 6.07. The Kier molecular flexibility index (Phi) is 3.60. The van der Waals surface area contributed by atoms with E-state index in [1.807, 2.05) is 18.2 Å². The molecule has 2 aromatic carbocycles. The van der Waals surface area contributed by atoms with Crippen LogP contribution in [0.3, 0.4) is 0 Å². The summed E-state index contributed by atoms with van der Waals surface area (Å²) in [6, 6.07) is 12.6. The van der Waals surface area contributed by atoms with Crippen LogP contribution in [0.5, 0.6) is 0 Å². The minimum absolute atomic E-state index is 0.00920. The van der Waals surface area contributed by atoms with Gasteiger partial charge in [0.05, 0.1) is 27.6 Å². The molecule has 2 aliphatic rings. The van der Waals surface area contributed by atoms with E-state index in [1.165, 1.54) is 4.90 Å². The number of likely N-dealkylation sites (N-methyl/N-ethyl adjacent to an activating group) is 1. The number of hydrogen-bond donors (Lipinski definition) is 1. The number of anilines is 2. The number of nitrogens with one attached hydrogen (secondary N) is 1. The number of carbonyl (C=O) groups excluding carboxylic acids is 2. The summed E-state index contributed by atoms with van der Waals surface area (Å²) in [7, 11) is 1.67. The van der Waals surface area contributed by atoms with Gasteiger partial charge in [-0.25, -0.2) is 4.68 Å². The molecule has 1 aromatic heterocycles. The van der Waals surface area contributed by atoms with Crippen molar-refractivity contribution in [3.8, 4) is 5.69 Å². The van der Waals surface area contributed by atoms with Crippen LogP contribution >= 0.6 is 23.2 Å². The molecule has 1 atom stereocenters. The largest absolute Gasteiger partial charge is 0.313 e. The predicted molar refractivity (Wildman–Crippen MR) is 107 cm³/mol. The van der Waals surface area contributed by atoms with E-state index in [-0.39, 0.29) is 18.2 Å². The van der Waals surface area contributed by atoms with E-state index in [2.05, 4.69) is 10.4 Å². The van der Waals surface area contributed by atoms with Crippen LogP contribution in [-0.2, 0) is 15.0 Å². The highest BCUT2D eigenvalue weighted by atomic mass is 35.5. The fourth-order valence-electron chi connectivity index (χ4n) is 4.23. The van der Waals surface area contributed by atoms with Crippen molar-refractivity contribution in [3.05, 3.63) is 69.8 Å². The van der Waals surface area contributed by atoms with E-state index in [0.29, 0.717) is 38.4 Å². The van der Waals surface area contributed by atoms with Gasteiger partial charge < -0.3 is 10.2 Å². The monoisotopic (exact) mass is 412 g/mol. The van der Waals surface area contributed by atoms with Crippen molar-refractivity contribution in [1.29, 1.82) is 0 Å². The number of benzene rings is 2. The van der Waals surface area contributed by atoms with Gasteiger partial charge in [-0.15, -0.1) is 0 Å².